The molecule has 0 bridgehead atoms. The largest absolute Gasteiger partial charge is 0.351 e. The maximum atomic E-state index is 11.2. The number of benzene rings is 1. The Labute approximate surface area is 88.9 Å². The summed E-state index contributed by atoms with van der Waals surface area (Å²) >= 11 is 0. The number of hydrogen-bond acceptors (Lipinski definition) is 2. The van der Waals surface area contributed by atoms with Crippen molar-refractivity contribution in [3.63, 3.8) is 0 Å². The van der Waals surface area contributed by atoms with Crippen molar-refractivity contribution in [2.45, 2.75) is 12.3 Å². The summed E-state index contributed by atoms with van der Waals surface area (Å²) in [5.74, 6) is 0.332. The minimum absolute atomic E-state index is 0.332. The number of primary amides is 1. The lowest BCUT2D eigenvalue weighted by Gasteiger charge is -2.14. The molecule has 1 unspecified atom stereocenters. The average Bonchev–Trinajstić information content (AvgIpc) is 2.59. The molecule has 4 N–H and O–H groups in total. The van der Waals surface area contributed by atoms with E-state index >= 15 is 0 Å². The topological polar surface area (TPSA) is 72.3 Å². The molecule has 4 nitrogen and oxygen atoms in total. The molecule has 2 rings (SSSR count). The van der Waals surface area contributed by atoms with Gasteiger partial charge in [0.25, 0.3) is 0 Å². The van der Waals surface area contributed by atoms with E-state index in [1.165, 1.54) is 5.56 Å². The van der Waals surface area contributed by atoms with Gasteiger partial charge in [-0.3, -0.25) is 4.90 Å². The Morgan fingerprint density at radius 2 is 2.20 bits per heavy atom. The second kappa shape index (κ2) is 3.90. The number of fused-ring (bicyclic) bond motifs is 1. The summed E-state index contributed by atoms with van der Waals surface area (Å²) in [5.41, 5.74) is 13.0. The van der Waals surface area contributed by atoms with Gasteiger partial charge in [0.05, 0.1) is 0 Å². The molecule has 1 aliphatic rings. The van der Waals surface area contributed by atoms with E-state index in [2.05, 4.69) is 0 Å². The van der Waals surface area contributed by atoms with Crippen molar-refractivity contribution in [1.82, 2.24) is 0 Å². The number of carbonyl (C=O) groups excluding carboxylic acids is 1. The van der Waals surface area contributed by atoms with Crippen molar-refractivity contribution < 1.29 is 4.79 Å². The van der Waals surface area contributed by atoms with Crippen molar-refractivity contribution in [1.29, 1.82) is 0 Å². The molecule has 0 radical (unpaired) electrons. The van der Waals surface area contributed by atoms with Gasteiger partial charge >= 0.3 is 6.03 Å². The normalized spacial score (nSPS) is 19.0. The summed E-state index contributed by atoms with van der Waals surface area (Å²) in [6, 6.07) is 7.48. The number of urea groups is 1. The summed E-state index contributed by atoms with van der Waals surface area (Å²) in [5, 5.41) is 0. The second-order valence-electron chi connectivity index (χ2n) is 3.78. The van der Waals surface area contributed by atoms with Crippen molar-refractivity contribution in [3.05, 3.63) is 29.8 Å². The van der Waals surface area contributed by atoms with Gasteiger partial charge in [0.1, 0.15) is 0 Å². The minimum atomic E-state index is -0.387. The van der Waals surface area contributed by atoms with Crippen molar-refractivity contribution >= 4 is 11.7 Å². The van der Waals surface area contributed by atoms with Gasteiger partial charge < -0.3 is 11.5 Å². The van der Waals surface area contributed by atoms with Gasteiger partial charge in [0.2, 0.25) is 0 Å². The van der Waals surface area contributed by atoms with Gasteiger partial charge in [-0.05, 0) is 24.6 Å². The van der Waals surface area contributed by atoms with E-state index in [9.17, 15) is 4.79 Å². The highest BCUT2D eigenvalue weighted by Gasteiger charge is 2.30. The van der Waals surface area contributed by atoms with Gasteiger partial charge in [-0.1, -0.05) is 18.2 Å². The van der Waals surface area contributed by atoms with E-state index in [-0.39, 0.29) is 6.03 Å². The molecule has 1 heterocycles. The summed E-state index contributed by atoms with van der Waals surface area (Å²) in [6.07, 6.45) is 0.890. The van der Waals surface area contributed by atoms with Crippen molar-refractivity contribution in [2.75, 3.05) is 18.0 Å². The zero-order valence-corrected chi connectivity index (χ0v) is 8.52. The van der Waals surface area contributed by atoms with E-state index in [1.807, 2.05) is 24.3 Å². The highest BCUT2D eigenvalue weighted by Crippen LogP contribution is 2.37. The molecule has 0 fully saturated rings. The lowest BCUT2D eigenvalue weighted by atomic mass is 9.98. The molecule has 4 heteroatoms. The van der Waals surface area contributed by atoms with Crippen LogP contribution in [0.5, 0.6) is 0 Å². The number of hydrogen-bond donors (Lipinski definition) is 2. The van der Waals surface area contributed by atoms with Crippen LogP contribution in [0.25, 0.3) is 0 Å². The van der Waals surface area contributed by atoms with Gasteiger partial charge in [-0.2, -0.15) is 0 Å². The molecular formula is C11H15N3O. The Kier molecular flexibility index (Phi) is 2.60. The Balaban J connectivity index is 2.35. The third-order valence-electron chi connectivity index (χ3n) is 2.85. The first-order chi connectivity index (χ1) is 7.24. The fourth-order valence-corrected chi connectivity index (χ4v) is 2.15. The molecule has 0 saturated heterocycles. The minimum Gasteiger partial charge on any atom is -0.351 e. The molecular weight excluding hydrogens is 190 g/mol. The summed E-state index contributed by atoms with van der Waals surface area (Å²) in [6.45, 7) is 1.29. The first-order valence-electron chi connectivity index (χ1n) is 5.10. The summed E-state index contributed by atoms with van der Waals surface area (Å²) in [7, 11) is 0. The van der Waals surface area contributed by atoms with E-state index in [0.717, 1.165) is 12.1 Å². The Hall–Kier alpha value is -1.55. The van der Waals surface area contributed by atoms with Crippen LogP contribution in [-0.4, -0.2) is 19.1 Å². The average molecular weight is 205 g/mol. The molecule has 0 aromatic heterocycles. The van der Waals surface area contributed by atoms with Crippen LogP contribution in [0, 0.1) is 0 Å². The standard InChI is InChI=1S/C11H15N3O/c12-6-5-8-7-14(11(13)15)10-4-2-1-3-9(8)10/h1-4,8H,5-7,12H2,(H2,13,15). The number of rotatable bonds is 2. The van der Waals surface area contributed by atoms with E-state index < -0.39 is 0 Å². The monoisotopic (exact) mass is 205 g/mol. The van der Waals surface area contributed by atoms with Crippen molar-refractivity contribution in [3.8, 4) is 0 Å². The highest BCUT2D eigenvalue weighted by molar-refractivity contribution is 5.93. The quantitative estimate of drug-likeness (QED) is 0.756. The van der Waals surface area contributed by atoms with Crippen LogP contribution in [0.15, 0.2) is 24.3 Å². The van der Waals surface area contributed by atoms with Crippen LogP contribution in [0.3, 0.4) is 0 Å². The van der Waals surface area contributed by atoms with E-state index in [4.69, 9.17) is 11.5 Å². The first kappa shape index (κ1) is 9.98. The Bertz CT molecular complexity index is 378. The summed E-state index contributed by atoms with van der Waals surface area (Å²) < 4.78 is 0. The Morgan fingerprint density at radius 1 is 1.47 bits per heavy atom. The first-order valence-corrected chi connectivity index (χ1v) is 5.10. The van der Waals surface area contributed by atoms with Crippen LogP contribution >= 0.6 is 0 Å². The third-order valence-corrected chi connectivity index (χ3v) is 2.85. The number of amides is 2. The summed E-state index contributed by atoms with van der Waals surface area (Å²) in [4.78, 5) is 12.9. The maximum Gasteiger partial charge on any atom is 0.319 e. The fourth-order valence-electron chi connectivity index (χ4n) is 2.15. The predicted molar refractivity (Wildman–Crippen MR) is 59.8 cm³/mol. The number of carbonyl (C=O) groups is 1. The van der Waals surface area contributed by atoms with Crippen LogP contribution < -0.4 is 16.4 Å². The van der Waals surface area contributed by atoms with Gasteiger partial charge in [-0.15, -0.1) is 0 Å². The number of anilines is 1. The molecule has 2 amide bonds. The van der Waals surface area contributed by atoms with Gasteiger partial charge in [0, 0.05) is 18.2 Å². The lowest BCUT2D eigenvalue weighted by Crippen LogP contribution is -2.34. The van der Waals surface area contributed by atoms with Gasteiger partial charge in [0.15, 0.2) is 0 Å². The molecule has 1 atom stereocenters. The van der Waals surface area contributed by atoms with Crippen LogP contribution in [0.2, 0.25) is 0 Å². The fraction of sp³-hybridized carbons (Fsp3) is 0.364. The molecule has 0 spiro atoms. The van der Waals surface area contributed by atoms with Gasteiger partial charge in [-0.25, -0.2) is 4.79 Å². The molecule has 0 aliphatic carbocycles. The molecule has 1 aromatic rings. The van der Waals surface area contributed by atoms with Crippen LogP contribution in [0.1, 0.15) is 17.9 Å². The smallest absolute Gasteiger partial charge is 0.319 e. The third kappa shape index (κ3) is 1.68. The number of nitrogens with zero attached hydrogens (tertiary/aromatic N) is 1. The highest BCUT2D eigenvalue weighted by atomic mass is 16.2. The van der Waals surface area contributed by atoms with Crippen LogP contribution in [0.4, 0.5) is 10.5 Å². The SMILES string of the molecule is NCCC1CN(C(N)=O)c2ccccc21. The maximum absolute atomic E-state index is 11.2. The molecule has 80 valence electrons. The Morgan fingerprint density at radius 3 is 2.87 bits per heavy atom. The predicted octanol–water partition coefficient (Wildman–Crippen LogP) is 1.02. The van der Waals surface area contributed by atoms with E-state index in [0.29, 0.717) is 19.0 Å². The molecule has 15 heavy (non-hydrogen) atoms. The molecule has 1 aliphatic heterocycles. The zero-order valence-electron chi connectivity index (χ0n) is 8.52. The number of para-hydroxylation sites is 1. The molecule has 1 aromatic carbocycles. The second-order valence-corrected chi connectivity index (χ2v) is 3.78. The molecule has 0 saturated carbocycles. The van der Waals surface area contributed by atoms with E-state index in [1.54, 1.807) is 4.90 Å². The number of nitrogens with two attached hydrogens (primary N) is 2. The lowest BCUT2D eigenvalue weighted by molar-refractivity contribution is 0.254. The van der Waals surface area contributed by atoms with Crippen molar-refractivity contribution in [2.24, 2.45) is 11.5 Å². The zero-order chi connectivity index (χ0) is 10.8. The van der Waals surface area contributed by atoms with Crippen LogP contribution in [-0.2, 0) is 0 Å².